The molecular formula is C20H34O6. The van der Waals surface area contributed by atoms with Crippen molar-refractivity contribution in [2.45, 2.75) is 95.2 Å². The van der Waals surface area contributed by atoms with Crippen LogP contribution in [-0.2, 0) is 9.53 Å². The normalized spacial score (nSPS) is 33.5. The standard InChI is InChI=1S/C20H34O6/c1-2-3-4-6-13(21)9-10-14-15-11-19(26-18(15)12-17(14)23)16(22)7-5-8-20(24)25/h9-10,13-19,21-23H,2-8,11-12H2,1H3,(H,24,25)/b10-9+/t13-,14+,15+,16-,17+,18-,19+/m0/s1. The second kappa shape index (κ2) is 10.4. The molecule has 0 unspecified atom stereocenters. The van der Waals surface area contributed by atoms with E-state index in [2.05, 4.69) is 6.92 Å². The number of unbranched alkanes of at least 4 members (excludes halogenated alkanes) is 2. The van der Waals surface area contributed by atoms with E-state index in [1.807, 2.05) is 6.08 Å². The third-order valence-electron chi connectivity index (χ3n) is 5.72. The minimum Gasteiger partial charge on any atom is -0.481 e. The van der Waals surface area contributed by atoms with Gasteiger partial charge in [-0.3, -0.25) is 4.79 Å². The Morgan fingerprint density at radius 1 is 1.19 bits per heavy atom. The number of carboxylic acid groups (broad SMARTS) is 1. The Balaban J connectivity index is 1.82. The molecule has 4 N–H and O–H groups in total. The second-order valence-electron chi connectivity index (χ2n) is 7.79. The van der Waals surface area contributed by atoms with Crippen LogP contribution in [0.3, 0.4) is 0 Å². The predicted octanol–water partition coefficient (Wildman–Crippen LogP) is 2.25. The van der Waals surface area contributed by atoms with Gasteiger partial charge >= 0.3 is 5.97 Å². The van der Waals surface area contributed by atoms with Crippen molar-refractivity contribution < 1.29 is 30.0 Å². The lowest BCUT2D eigenvalue weighted by Gasteiger charge is -2.21. The first-order valence-electron chi connectivity index (χ1n) is 10.0. The van der Waals surface area contributed by atoms with E-state index in [4.69, 9.17) is 9.84 Å². The van der Waals surface area contributed by atoms with Gasteiger partial charge < -0.3 is 25.2 Å². The van der Waals surface area contributed by atoms with Crippen LogP contribution >= 0.6 is 0 Å². The van der Waals surface area contributed by atoms with E-state index in [-0.39, 0.29) is 30.5 Å². The summed E-state index contributed by atoms with van der Waals surface area (Å²) in [4.78, 5) is 10.6. The van der Waals surface area contributed by atoms with Crippen LogP contribution in [0, 0.1) is 11.8 Å². The maximum Gasteiger partial charge on any atom is 0.303 e. The van der Waals surface area contributed by atoms with Gasteiger partial charge in [-0.2, -0.15) is 0 Å². The van der Waals surface area contributed by atoms with E-state index in [1.165, 1.54) is 0 Å². The fourth-order valence-electron chi connectivity index (χ4n) is 4.24. The highest BCUT2D eigenvalue weighted by Gasteiger charge is 2.49. The van der Waals surface area contributed by atoms with Gasteiger partial charge in [0.05, 0.1) is 30.5 Å². The molecule has 150 valence electrons. The molecule has 0 bridgehead atoms. The molecule has 6 heteroatoms. The molecule has 1 aliphatic heterocycles. The largest absolute Gasteiger partial charge is 0.481 e. The summed E-state index contributed by atoms with van der Waals surface area (Å²) in [5, 5.41) is 39.3. The van der Waals surface area contributed by atoms with Gasteiger partial charge in [0.15, 0.2) is 0 Å². The van der Waals surface area contributed by atoms with E-state index in [0.717, 1.165) is 25.7 Å². The van der Waals surface area contributed by atoms with Crippen LogP contribution in [0.2, 0.25) is 0 Å². The summed E-state index contributed by atoms with van der Waals surface area (Å²) in [6.45, 7) is 2.13. The lowest BCUT2D eigenvalue weighted by atomic mass is 9.88. The summed E-state index contributed by atoms with van der Waals surface area (Å²) in [6.07, 6.45) is 7.80. The third kappa shape index (κ3) is 6.05. The molecule has 0 aromatic heterocycles. The van der Waals surface area contributed by atoms with Gasteiger partial charge in [-0.25, -0.2) is 0 Å². The van der Waals surface area contributed by atoms with E-state index in [0.29, 0.717) is 25.7 Å². The summed E-state index contributed by atoms with van der Waals surface area (Å²) in [7, 11) is 0. The van der Waals surface area contributed by atoms with Gasteiger partial charge in [-0.15, -0.1) is 0 Å². The monoisotopic (exact) mass is 370 g/mol. The van der Waals surface area contributed by atoms with Crippen LogP contribution in [-0.4, -0.2) is 56.9 Å². The summed E-state index contributed by atoms with van der Waals surface area (Å²) in [5.41, 5.74) is 0. The summed E-state index contributed by atoms with van der Waals surface area (Å²) < 4.78 is 5.94. The number of aliphatic hydroxyl groups excluding tert-OH is 3. The average molecular weight is 370 g/mol. The maximum absolute atomic E-state index is 10.6. The number of aliphatic hydroxyl groups is 3. The van der Waals surface area contributed by atoms with Gasteiger partial charge in [0, 0.05) is 18.8 Å². The second-order valence-corrected chi connectivity index (χ2v) is 7.79. The van der Waals surface area contributed by atoms with Crippen molar-refractivity contribution in [3.8, 4) is 0 Å². The molecule has 2 rings (SSSR count). The number of ether oxygens (including phenoxy) is 1. The van der Waals surface area contributed by atoms with Gasteiger partial charge in [0.1, 0.15) is 0 Å². The molecule has 6 nitrogen and oxygen atoms in total. The van der Waals surface area contributed by atoms with Crippen molar-refractivity contribution in [1.29, 1.82) is 0 Å². The highest BCUT2D eigenvalue weighted by Crippen LogP contribution is 2.45. The van der Waals surface area contributed by atoms with Crippen molar-refractivity contribution in [1.82, 2.24) is 0 Å². The molecule has 0 aromatic rings. The highest BCUT2D eigenvalue weighted by molar-refractivity contribution is 5.66. The molecule has 2 aliphatic rings. The van der Waals surface area contributed by atoms with Crippen LogP contribution in [0.25, 0.3) is 0 Å². The fraction of sp³-hybridized carbons (Fsp3) is 0.850. The maximum atomic E-state index is 10.6. The van der Waals surface area contributed by atoms with E-state index in [1.54, 1.807) is 6.08 Å². The fourth-order valence-corrected chi connectivity index (χ4v) is 4.24. The van der Waals surface area contributed by atoms with Gasteiger partial charge in [-0.05, 0) is 31.6 Å². The number of hydrogen-bond acceptors (Lipinski definition) is 5. The predicted molar refractivity (Wildman–Crippen MR) is 97.7 cm³/mol. The number of rotatable bonds is 11. The number of carbonyl (C=O) groups is 1. The quantitative estimate of drug-likeness (QED) is 0.328. The Labute approximate surface area is 155 Å². The zero-order chi connectivity index (χ0) is 19.1. The van der Waals surface area contributed by atoms with E-state index >= 15 is 0 Å². The van der Waals surface area contributed by atoms with Crippen molar-refractivity contribution in [3.05, 3.63) is 12.2 Å². The van der Waals surface area contributed by atoms with E-state index < -0.39 is 24.3 Å². The first-order chi connectivity index (χ1) is 12.4. The summed E-state index contributed by atoms with van der Waals surface area (Å²) in [6, 6.07) is 0. The Hall–Kier alpha value is -0.950. The molecule has 0 spiro atoms. The van der Waals surface area contributed by atoms with Crippen molar-refractivity contribution >= 4 is 5.97 Å². The van der Waals surface area contributed by atoms with Crippen molar-refractivity contribution in [3.63, 3.8) is 0 Å². The minimum atomic E-state index is -0.854. The average Bonchev–Trinajstić information content (AvgIpc) is 3.10. The van der Waals surface area contributed by atoms with Crippen LogP contribution in [0.1, 0.15) is 64.7 Å². The van der Waals surface area contributed by atoms with Crippen molar-refractivity contribution in [2.75, 3.05) is 0 Å². The Kier molecular flexibility index (Phi) is 8.54. The molecule has 1 aliphatic carbocycles. The Morgan fingerprint density at radius 2 is 1.96 bits per heavy atom. The first-order valence-corrected chi connectivity index (χ1v) is 10.0. The zero-order valence-electron chi connectivity index (χ0n) is 15.7. The molecular weight excluding hydrogens is 336 g/mol. The molecule has 1 heterocycles. The molecule has 0 amide bonds. The topological polar surface area (TPSA) is 107 Å². The lowest BCUT2D eigenvalue weighted by Crippen LogP contribution is -2.28. The van der Waals surface area contributed by atoms with Crippen LogP contribution in [0.5, 0.6) is 0 Å². The number of carboxylic acids is 1. The molecule has 0 radical (unpaired) electrons. The van der Waals surface area contributed by atoms with Crippen LogP contribution in [0.15, 0.2) is 12.2 Å². The number of hydrogen-bond donors (Lipinski definition) is 4. The molecule has 7 atom stereocenters. The molecule has 2 fully saturated rings. The Bertz CT molecular complexity index is 465. The summed E-state index contributed by atoms with van der Waals surface area (Å²) >= 11 is 0. The zero-order valence-corrected chi connectivity index (χ0v) is 15.7. The molecule has 1 saturated heterocycles. The number of fused-ring (bicyclic) bond motifs is 1. The molecule has 26 heavy (non-hydrogen) atoms. The first kappa shape index (κ1) is 21.4. The van der Waals surface area contributed by atoms with Crippen LogP contribution < -0.4 is 0 Å². The SMILES string of the molecule is CCCCC[C@H](O)/C=C/[C@@H]1[C@H]2C[C@H]([C@@H](O)CCCC(=O)O)O[C@H]2C[C@H]1O. The smallest absolute Gasteiger partial charge is 0.303 e. The highest BCUT2D eigenvalue weighted by atomic mass is 16.5. The van der Waals surface area contributed by atoms with Gasteiger partial charge in [0.2, 0.25) is 0 Å². The van der Waals surface area contributed by atoms with Gasteiger partial charge in [-0.1, -0.05) is 38.3 Å². The molecule has 1 saturated carbocycles. The minimum absolute atomic E-state index is 0.0522. The molecule has 0 aromatic carbocycles. The van der Waals surface area contributed by atoms with E-state index in [9.17, 15) is 20.1 Å². The van der Waals surface area contributed by atoms with Gasteiger partial charge in [0.25, 0.3) is 0 Å². The number of aliphatic carboxylic acids is 1. The lowest BCUT2D eigenvalue weighted by molar-refractivity contribution is -0.137. The third-order valence-corrected chi connectivity index (χ3v) is 5.72. The summed E-state index contributed by atoms with van der Waals surface area (Å²) in [5.74, 6) is -0.771. The van der Waals surface area contributed by atoms with Crippen LogP contribution in [0.4, 0.5) is 0 Å². The van der Waals surface area contributed by atoms with Crippen molar-refractivity contribution in [2.24, 2.45) is 11.8 Å². The Morgan fingerprint density at radius 3 is 2.65 bits per heavy atom.